The van der Waals surface area contributed by atoms with Crippen LogP contribution in [0.15, 0.2) is 84.1 Å². The number of anilines is 1. The molecule has 2 aromatic rings. The molecule has 0 spiro atoms. The SMILES string of the molecule is C=C/C(=C\C=C/C)COc1cc2c(cc1/C(C)=N/O)N(Cc1ccccc1)CCC2(C)CC. The van der Waals surface area contributed by atoms with E-state index in [4.69, 9.17) is 4.74 Å². The maximum absolute atomic E-state index is 9.59. The molecule has 1 aliphatic rings. The van der Waals surface area contributed by atoms with Gasteiger partial charge in [0.2, 0.25) is 0 Å². The van der Waals surface area contributed by atoms with E-state index in [1.807, 2.05) is 44.2 Å². The monoisotopic (exact) mass is 444 g/mol. The molecule has 4 nitrogen and oxygen atoms in total. The van der Waals surface area contributed by atoms with E-state index in [1.165, 1.54) is 16.8 Å². The highest BCUT2D eigenvalue weighted by molar-refractivity contribution is 6.02. The molecule has 0 saturated carbocycles. The Balaban J connectivity index is 2.07. The first-order valence-electron chi connectivity index (χ1n) is 11.7. The Morgan fingerprint density at radius 1 is 1.27 bits per heavy atom. The highest BCUT2D eigenvalue weighted by atomic mass is 16.5. The van der Waals surface area contributed by atoms with Crippen LogP contribution >= 0.6 is 0 Å². The molecule has 1 aliphatic heterocycles. The smallest absolute Gasteiger partial charge is 0.129 e. The first-order chi connectivity index (χ1) is 16.0. The summed E-state index contributed by atoms with van der Waals surface area (Å²) in [6.45, 7) is 14.5. The largest absolute Gasteiger partial charge is 0.488 e. The molecule has 0 amide bonds. The minimum atomic E-state index is 0.0610. The number of hydrogen-bond acceptors (Lipinski definition) is 4. The molecule has 0 aliphatic carbocycles. The Bertz CT molecular complexity index is 1050. The molecule has 1 unspecified atom stereocenters. The molecule has 1 atom stereocenters. The van der Waals surface area contributed by atoms with Gasteiger partial charge in [0.05, 0.1) is 5.71 Å². The standard InChI is InChI=1S/C29H36N2O2/c1-6-9-13-23(7-2)21-33-28-19-26-27(18-25(28)22(4)30-32)31(17-16-29(26,5)8-3)20-24-14-11-10-12-15-24/h6-7,9-15,18-19,32H,2,8,16-17,20-21H2,1,3-5H3/b9-6-,23-13+,30-22+. The number of allylic oxidation sites excluding steroid dienone is 3. The zero-order chi connectivity index (χ0) is 23.8. The number of oxime groups is 1. The molecule has 0 aromatic heterocycles. The van der Waals surface area contributed by atoms with Crippen LogP contribution in [-0.2, 0) is 12.0 Å². The lowest BCUT2D eigenvalue weighted by Crippen LogP contribution is -2.38. The van der Waals surface area contributed by atoms with Crippen LogP contribution in [-0.4, -0.2) is 24.1 Å². The number of ether oxygens (including phenoxy) is 1. The third kappa shape index (κ3) is 5.57. The maximum Gasteiger partial charge on any atom is 0.129 e. The van der Waals surface area contributed by atoms with Gasteiger partial charge in [-0.2, -0.15) is 0 Å². The van der Waals surface area contributed by atoms with Gasteiger partial charge in [-0.25, -0.2) is 0 Å². The van der Waals surface area contributed by atoms with Crippen LogP contribution in [0, 0.1) is 0 Å². The zero-order valence-corrected chi connectivity index (χ0v) is 20.3. The minimum Gasteiger partial charge on any atom is -0.488 e. The summed E-state index contributed by atoms with van der Waals surface area (Å²) in [7, 11) is 0. The summed E-state index contributed by atoms with van der Waals surface area (Å²) in [6, 6.07) is 14.8. The summed E-state index contributed by atoms with van der Waals surface area (Å²) in [5, 5.41) is 13.1. The molecule has 0 fully saturated rings. The van der Waals surface area contributed by atoms with Gasteiger partial charge in [0.15, 0.2) is 0 Å². The van der Waals surface area contributed by atoms with Gasteiger partial charge in [0.1, 0.15) is 12.4 Å². The van der Waals surface area contributed by atoms with Crippen LogP contribution in [0.2, 0.25) is 0 Å². The summed E-state index contributed by atoms with van der Waals surface area (Å²) in [4.78, 5) is 2.43. The molecular formula is C29H36N2O2. The number of fused-ring (bicyclic) bond motifs is 1. The topological polar surface area (TPSA) is 45.1 Å². The van der Waals surface area contributed by atoms with Crippen molar-refractivity contribution in [2.45, 2.75) is 52.5 Å². The third-order valence-electron chi connectivity index (χ3n) is 6.72. The normalized spacial score (nSPS) is 19.0. The lowest BCUT2D eigenvalue weighted by molar-refractivity contribution is 0.318. The van der Waals surface area contributed by atoms with Gasteiger partial charge in [-0.05, 0) is 60.9 Å². The van der Waals surface area contributed by atoms with Gasteiger partial charge in [-0.1, -0.05) is 80.2 Å². The summed E-state index contributed by atoms with van der Waals surface area (Å²) >= 11 is 0. The Morgan fingerprint density at radius 3 is 2.67 bits per heavy atom. The van der Waals surface area contributed by atoms with Crippen molar-refractivity contribution in [2.75, 3.05) is 18.1 Å². The van der Waals surface area contributed by atoms with E-state index < -0.39 is 0 Å². The fourth-order valence-corrected chi connectivity index (χ4v) is 4.30. The van der Waals surface area contributed by atoms with Crippen molar-refractivity contribution in [2.24, 2.45) is 5.16 Å². The van der Waals surface area contributed by atoms with Crippen molar-refractivity contribution in [3.8, 4) is 5.75 Å². The van der Waals surface area contributed by atoms with Gasteiger partial charge >= 0.3 is 0 Å². The predicted octanol–water partition coefficient (Wildman–Crippen LogP) is 7.03. The Kier molecular flexibility index (Phi) is 8.16. The highest BCUT2D eigenvalue weighted by Crippen LogP contribution is 2.45. The van der Waals surface area contributed by atoms with E-state index in [0.29, 0.717) is 12.3 Å². The zero-order valence-electron chi connectivity index (χ0n) is 20.3. The molecular weight excluding hydrogens is 408 g/mol. The third-order valence-corrected chi connectivity index (χ3v) is 6.72. The van der Waals surface area contributed by atoms with Crippen LogP contribution in [0.1, 0.15) is 57.2 Å². The lowest BCUT2D eigenvalue weighted by atomic mass is 9.73. The van der Waals surface area contributed by atoms with E-state index in [1.54, 1.807) is 0 Å². The van der Waals surface area contributed by atoms with E-state index in [2.05, 4.69) is 66.9 Å². The van der Waals surface area contributed by atoms with Gasteiger partial charge in [-0.15, -0.1) is 0 Å². The molecule has 1 heterocycles. The minimum absolute atomic E-state index is 0.0610. The molecule has 1 N–H and O–H groups in total. The van der Waals surface area contributed by atoms with Crippen molar-refractivity contribution >= 4 is 11.4 Å². The summed E-state index contributed by atoms with van der Waals surface area (Å²) < 4.78 is 6.28. The quantitative estimate of drug-likeness (QED) is 0.195. The second-order valence-corrected chi connectivity index (χ2v) is 8.88. The molecule has 3 rings (SSSR count). The first-order valence-corrected chi connectivity index (χ1v) is 11.7. The molecule has 4 heteroatoms. The van der Waals surface area contributed by atoms with Gasteiger partial charge < -0.3 is 14.8 Å². The molecule has 174 valence electrons. The molecule has 2 aromatic carbocycles. The Hall–Kier alpha value is -3.27. The second-order valence-electron chi connectivity index (χ2n) is 8.88. The summed E-state index contributed by atoms with van der Waals surface area (Å²) in [5.41, 5.74) is 6.15. The predicted molar refractivity (Wildman–Crippen MR) is 139 cm³/mol. The maximum atomic E-state index is 9.59. The number of benzene rings is 2. The Labute approximate surface area is 198 Å². The van der Waals surface area contributed by atoms with E-state index in [-0.39, 0.29) is 5.41 Å². The van der Waals surface area contributed by atoms with Crippen molar-refractivity contribution in [1.82, 2.24) is 0 Å². The van der Waals surface area contributed by atoms with Gasteiger partial charge in [0.25, 0.3) is 0 Å². The van der Waals surface area contributed by atoms with Crippen molar-refractivity contribution in [3.05, 3.63) is 95.6 Å². The summed E-state index contributed by atoms with van der Waals surface area (Å²) in [6.07, 6.45) is 9.88. The van der Waals surface area contributed by atoms with Crippen LogP contribution in [0.4, 0.5) is 5.69 Å². The van der Waals surface area contributed by atoms with Crippen molar-refractivity contribution in [1.29, 1.82) is 0 Å². The second kappa shape index (κ2) is 11.0. The highest BCUT2D eigenvalue weighted by Gasteiger charge is 2.35. The average Bonchev–Trinajstić information content (AvgIpc) is 2.85. The van der Waals surface area contributed by atoms with Gasteiger partial charge in [0, 0.05) is 24.3 Å². The van der Waals surface area contributed by atoms with E-state index in [0.717, 1.165) is 42.8 Å². The summed E-state index contributed by atoms with van der Waals surface area (Å²) in [5.74, 6) is 0.735. The van der Waals surface area contributed by atoms with Crippen LogP contribution in [0.25, 0.3) is 0 Å². The lowest BCUT2D eigenvalue weighted by Gasteiger charge is -2.42. The van der Waals surface area contributed by atoms with Crippen molar-refractivity contribution in [3.63, 3.8) is 0 Å². The molecule has 0 saturated heterocycles. The number of rotatable bonds is 9. The Morgan fingerprint density at radius 2 is 2.03 bits per heavy atom. The van der Waals surface area contributed by atoms with Crippen LogP contribution < -0.4 is 9.64 Å². The molecule has 33 heavy (non-hydrogen) atoms. The van der Waals surface area contributed by atoms with Gasteiger partial charge in [-0.3, -0.25) is 0 Å². The van der Waals surface area contributed by atoms with Crippen LogP contribution in [0.3, 0.4) is 0 Å². The number of nitrogens with zero attached hydrogens (tertiary/aromatic N) is 2. The first kappa shape index (κ1) is 24.4. The fraction of sp³-hybridized carbons (Fsp3) is 0.345. The van der Waals surface area contributed by atoms with Crippen molar-refractivity contribution < 1.29 is 9.94 Å². The van der Waals surface area contributed by atoms with E-state index in [9.17, 15) is 5.21 Å². The number of hydrogen-bond donors (Lipinski definition) is 1. The average molecular weight is 445 g/mol. The molecule has 0 radical (unpaired) electrons. The molecule has 0 bridgehead atoms. The van der Waals surface area contributed by atoms with E-state index >= 15 is 0 Å². The van der Waals surface area contributed by atoms with Crippen LogP contribution in [0.5, 0.6) is 5.75 Å². The fourth-order valence-electron chi connectivity index (χ4n) is 4.30.